The lowest BCUT2D eigenvalue weighted by Gasteiger charge is -2.16. The summed E-state index contributed by atoms with van der Waals surface area (Å²) in [4.78, 5) is 38.3. The number of rotatable bonds is 5. The zero-order valence-electron chi connectivity index (χ0n) is 15.7. The molecule has 0 atom stereocenters. The molecule has 1 aliphatic heterocycles. The van der Waals surface area contributed by atoms with Crippen LogP contribution in [0.15, 0.2) is 53.6 Å². The number of anilines is 1. The molecule has 0 unspecified atom stereocenters. The molecule has 9 heteroatoms. The minimum absolute atomic E-state index is 0.0286. The molecular formula is C21H13N4O4S-. The number of thioether (sulfide) groups is 1. The van der Waals surface area contributed by atoms with E-state index < -0.39 is 17.8 Å². The summed E-state index contributed by atoms with van der Waals surface area (Å²) in [5.41, 5.74) is 0.450. The second-order valence-corrected chi connectivity index (χ2v) is 7.54. The molecule has 0 fully saturated rings. The summed E-state index contributed by atoms with van der Waals surface area (Å²) in [6.07, 6.45) is 0. The molecule has 1 aliphatic rings. The average Bonchev–Trinajstić information content (AvgIpc) is 3.23. The molecule has 4 rings (SSSR count). The highest BCUT2D eigenvalue weighted by Gasteiger charge is 2.41. The van der Waals surface area contributed by atoms with E-state index in [1.54, 1.807) is 24.3 Å². The van der Waals surface area contributed by atoms with Crippen LogP contribution in [0.3, 0.4) is 0 Å². The molecular weight excluding hydrogens is 404 g/mol. The third kappa shape index (κ3) is 2.94. The van der Waals surface area contributed by atoms with Crippen molar-refractivity contribution in [1.82, 2.24) is 9.78 Å². The molecule has 0 N–H and O–H groups in total. The number of hydrogen-bond donors (Lipinski definition) is 0. The van der Waals surface area contributed by atoms with Crippen molar-refractivity contribution in [3.8, 4) is 11.8 Å². The average molecular weight is 417 g/mol. The highest BCUT2D eigenvalue weighted by molar-refractivity contribution is 7.99. The van der Waals surface area contributed by atoms with Crippen LogP contribution in [-0.4, -0.2) is 33.3 Å². The molecule has 2 heterocycles. The van der Waals surface area contributed by atoms with Crippen molar-refractivity contribution in [2.75, 3.05) is 10.7 Å². The maximum absolute atomic E-state index is 13.1. The quantitative estimate of drug-likeness (QED) is 0.460. The number of aromatic carboxylic acids is 1. The number of amides is 2. The highest BCUT2D eigenvalue weighted by atomic mass is 32.2. The molecule has 0 aliphatic carbocycles. The van der Waals surface area contributed by atoms with Gasteiger partial charge in [-0.1, -0.05) is 31.2 Å². The maximum atomic E-state index is 13.1. The van der Waals surface area contributed by atoms with Gasteiger partial charge in [-0.05, 0) is 35.6 Å². The monoisotopic (exact) mass is 417 g/mol. The van der Waals surface area contributed by atoms with Gasteiger partial charge in [-0.25, -0.2) is 9.58 Å². The number of nitrogens with zero attached hydrogens (tertiary/aromatic N) is 4. The van der Waals surface area contributed by atoms with Gasteiger partial charge in [-0.15, -0.1) is 11.8 Å². The molecule has 0 radical (unpaired) electrons. The van der Waals surface area contributed by atoms with Crippen molar-refractivity contribution < 1.29 is 19.5 Å². The Kier molecular flexibility index (Phi) is 4.85. The van der Waals surface area contributed by atoms with Crippen molar-refractivity contribution >= 4 is 35.4 Å². The van der Waals surface area contributed by atoms with E-state index in [4.69, 9.17) is 0 Å². The summed E-state index contributed by atoms with van der Waals surface area (Å²) < 4.78 is 1.39. The summed E-state index contributed by atoms with van der Waals surface area (Å²) in [6, 6.07) is 14.5. The number of carboxylic acids is 1. The van der Waals surface area contributed by atoms with Gasteiger partial charge in [0.25, 0.3) is 11.8 Å². The van der Waals surface area contributed by atoms with Crippen LogP contribution in [0.5, 0.6) is 0 Å². The molecule has 1 aromatic heterocycles. The lowest BCUT2D eigenvalue weighted by molar-refractivity contribution is -0.255. The van der Waals surface area contributed by atoms with Crippen LogP contribution in [0, 0.1) is 11.3 Å². The maximum Gasteiger partial charge on any atom is 0.267 e. The van der Waals surface area contributed by atoms with Gasteiger partial charge in [0.2, 0.25) is 0 Å². The van der Waals surface area contributed by atoms with Crippen LogP contribution in [0.25, 0.3) is 5.69 Å². The van der Waals surface area contributed by atoms with Crippen LogP contribution in [0.2, 0.25) is 0 Å². The van der Waals surface area contributed by atoms with E-state index in [9.17, 15) is 24.8 Å². The Morgan fingerprint density at radius 1 is 1.13 bits per heavy atom. The Labute approximate surface area is 175 Å². The summed E-state index contributed by atoms with van der Waals surface area (Å²) in [5, 5.41) is 25.8. The van der Waals surface area contributed by atoms with Crippen molar-refractivity contribution in [3.63, 3.8) is 0 Å². The summed E-state index contributed by atoms with van der Waals surface area (Å²) in [6.45, 7) is 1.90. The molecule has 3 aromatic rings. The number of benzene rings is 2. The third-order valence-electron chi connectivity index (χ3n) is 4.56. The molecule has 8 nitrogen and oxygen atoms in total. The SMILES string of the molecule is CCSc1nn(-c2ccccc2)c(N2C(=O)c3ccc(C(=O)[O-])cc3C2=O)c1C#N. The zero-order chi connectivity index (χ0) is 21.4. The predicted octanol–water partition coefficient (Wildman–Crippen LogP) is 2.02. The number of carboxylic acid groups (broad SMARTS) is 1. The van der Waals surface area contributed by atoms with Crippen LogP contribution in [-0.2, 0) is 0 Å². The lowest BCUT2D eigenvalue weighted by atomic mass is 10.1. The smallest absolute Gasteiger partial charge is 0.267 e. The first-order chi connectivity index (χ1) is 14.5. The number of fused-ring (bicyclic) bond motifs is 1. The van der Waals surface area contributed by atoms with E-state index in [0.29, 0.717) is 16.5 Å². The minimum Gasteiger partial charge on any atom is -0.545 e. The first-order valence-corrected chi connectivity index (χ1v) is 9.92. The fraction of sp³-hybridized carbons (Fsp3) is 0.0952. The normalized spacial score (nSPS) is 12.7. The van der Waals surface area contributed by atoms with Crippen molar-refractivity contribution in [2.45, 2.75) is 11.9 Å². The molecule has 2 amide bonds. The van der Waals surface area contributed by atoms with Gasteiger partial charge in [-0.2, -0.15) is 10.4 Å². The van der Waals surface area contributed by atoms with E-state index in [2.05, 4.69) is 11.2 Å². The lowest BCUT2D eigenvalue weighted by Crippen LogP contribution is -2.32. The molecule has 148 valence electrons. The van der Waals surface area contributed by atoms with E-state index in [-0.39, 0.29) is 28.1 Å². The second kappa shape index (κ2) is 7.50. The van der Waals surface area contributed by atoms with E-state index in [0.717, 1.165) is 11.0 Å². The Balaban J connectivity index is 1.94. The molecule has 0 saturated heterocycles. The van der Waals surface area contributed by atoms with Crippen LogP contribution in [0.4, 0.5) is 5.82 Å². The van der Waals surface area contributed by atoms with Gasteiger partial charge in [0.1, 0.15) is 16.7 Å². The van der Waals surface area contributed by atoms with Crippen LogP contribution >= 0.6 is 11.8 Å². The first kappa shape index (κ1) is 19.4. The molecule has 0 saturated carbocycles. The van der Waals surface area contributed by atoms with Gasteiger partial charge < -0.3 is 9.90 Å². The standard InChI is InChI=1S/C21H14N4O4S/c1-2-30-17-16(11-22)18(25(23-17)13-6-4-3-5-7-13)24-19(26)14-9-8-12(21(28)29)10-15(14)20(24)27/h3-10H,2H2,1H3,(H,28,29)/p-1. The first-order valence-electron chi connectivity index (χ1n) is 8.93. The molecule has 30 heavy (non-hydrogen) atoms. The number of imide groups is 1. The van der Waals surface area contributed by atoms with E-state index in [1.807, 2.05) is 13.0 Å². The van der Waals surface area contributed by atoms with Gasteiger partial charge in [-0.3, -0.25) is 9.59 Å². The largest absolute Gasteiger partial charge is 0.545 e. The van der Waals surface area contributed by atoms with Gasteiger partial charge in [0.05, 0.1) is 22.8 Å². The second-order valence-electron chi connectivity index (χ2n) is 6.29. The van der Waals surface area contributed by atoms with Crippen molar-refractivity contribution in [1.29, 1.82) is 5.26 Å². The zero-order valence-corrected chi connectivity index (χ0v) is 16.5. The molecule has 2 aromatic carbocycles. The van der Waals surface area contributed by atoms with Gasteiger partial charge in [0, 0.05) is 0 Å². The topological polar surface area (TPSA) is 119 Å². The number of para-hydroxylation sites is 1. The van der Waals surface area contributed by atoms with Crippen molar-refractivity contribution in [3.05, 3.63) is 70.8 Å². The predicted molar refractivity (Wildman–Crippen MR) is 107 cm³/mol. The summed E-state index contributed by atoms with van der Waals surface area (Å²) in [7, 11) is 0. The van der Waals surface area contributed by atoms with Crippen molar-refractivity contribution in [2.24, 2.45) is 0 Å². The van der Waals surface area contributed by atoms with Crippen LogP contribution in [0.1, 0.15) is 43.6 Å². The van der Waals surface area contributed by atoms with Gasteiger partial charge >= 0.3 is 0 Å². The minimum atomic E-state index is -1.45. The number of carbonyl (C=O) groups excluding carboxylic acids is 3. The summed E-state index contributed by atoms with van der Waals surface area (Å²) >= 11 is 1.32. The van der Waals surface area contributed by atoms with E-state index in [1.165, 1.54) is 28.6 Å². The number of carbonyl (C=O) groups is 3. The summed E-state index contributed by atoms with van der Waals surface area (Å²) in [5.74, 6) is -2.16. The fourth-order valence-corrected chi connectivity index (χ4v) is 3.94. The molecule has 0 spiro atoms. The molecule has 0 bridgehead atoms. The third-order valence-corrected chi connectivity index (χ3v) is 5.40. The van der Waals surface area contributed by atoms with E-state index >= 15 is 0 Å². The van der Waals surface area contributed by atoms with Crippen LogP contribution < -0.4 is 10.0 Å². The number of nitriles is 1. The Morgan fingerprint density at radius 2 is 1.83 bits per heavy atom. The Morgan fingerprint density at radius 3 is 2.47 bits per heavy atom. The Bertz CT molecular complexity index is 1240. The number of aromatic nitrogens is 2. The van der Waals surface area contributed by atoms with Gasteiger partial charge in [0.15, 0.2) is 5.82 Å². The Hall–Kier alpha value is -3.90. The fourth-order valence-electron chi connectivity index (χ4n) is 3.24. The highest BCUT2D eigenvalue weighted by Crippen LogP contribution is 2.37. The number of hydrogen-bond acceptors (Lipinski definition) is 7.